The van der Waals surface area contributed by atoms with Crippen molar-refractivity contribution in [1.82, 2.24) is 20.2 Å². The van der Waals surface area contributed by atoms with Crippen LogP contribution < -0.4 is 5.73 Å². The van der Waals surface area contributed by atoms with Crippen molar-refractivity contribution in [2.24, 2.45) is 0 Å². The molecule has 0 atom stereocenters. The Morgan fingerprint density at radius 1 is 1.10 bits per heavy atom. The maximum atomic E-state index is 13.9. The van der Waals surface area contributed by atoms with Crippen LogP contribution in [0, 0.1) is 11.6 Å². The largest absolute Gasteiger partial charge is 0.382 e. The summed E-state index contributed by atoms with van der Waals surface area (Å²) in [6.07, 6.45) is 4.47. The van der Waals surface area contributed by atoms with Crippen LogP contribution in [0.15, 0.2) is 36.9 Å². The van der Waals surface area contributed by atoms with Gasteiger partial charge in [-0.25, -0.2) is 18.7 Å². The molecule has 0 amide bonds. The number of nitrogens with one attached hydrogen (secondary N) is 1. The van der Waals surface area contributed by atoms with E-state index in [9.17, 15) is 8.78 Å². The zero-order valence-corrected chi connectivity index (χ0v) is 10.1. The summed E-state index contributed by atoms with van der Waals surface area (Å²) in [5.74, 6) is -1.25. The summed E-state index contributed by atoms with van der Waals surface area (Å²) in [6, 6.07) is 3.28. The first kappa shape index (κ1) is 12.2. The molecule has 0 aliphatic rings. The molecule has 0 radical (unpaired) electrons. The second-order valence-corrected chi connectivity index (χ2v) is 4.11. The van der Waals surface area contributed by atoms with Gasteiger partial charge in [0.1, 0.15) is 18.0 Å². The Morgan fingerprint density at radius 3 is 2.55 bits per heavy atom. The lowest BCUT2D eigenvalue weighted by molar-refractivity contribution is 0.585. The third kappa shape index (κ3) is 1.99. The molecule has 0 unspecified atom stereocenters. The highest BCUT2D eigenvalue weighted by Gasteiger charge is 2.18. The van der Waals surface area contributed by atoms with Gasteiger partial charge in [-0.1, -0.05) is 0 Å². The van der Waals surface area contributed by atoms with Gasteiger partial charge < -0.3 is 5.73 Å². The van der Waals surface area contributed by atoms with E-state index in [1.165, 1.54) is 12.4 Å². The molecular formula is C13H9F2N5. The zero-order chi connectivity index (χ0) is 14.1. The quantitative estimate of drug-likeness (QED) is 0.751. The fraction of sp³-hybridized carbons (Fsp3) is 0. The van der Waals surface area contributed by atoms with Gasteiger partial charge >= 0.3 is 0 Å². The van der Waals surface area contributed by atoms with Gasteiger partial charge in [0.05, 0.1) is 11.3 Å². The number of rotatable bonds is 2. The highest BCUT2D eigenvalue weighted by molar-refractivity contribution is 5.87. The minimum atomic E-state index is -0.712. The Balaban J connectivity index is 2.22. The molecule has 0 fully saturated rings. The molecule has 3 aromatic rings. The smallest absolute Gasteiger partial charge is 0.153 e. The van der Waals surface area contributed by atoms with E-state index in [0.717, 1.165) is 12.1 Å². The number of nitrogens with two attached hydrogens (primary N) is 1. The molecule has 0 spiro atoms. The molecule has 100 valence electrons. The molecule has 20 heavy (non-hydrogen) atoms. The lowest BCUT2D eigenvalue weighted by atomic mass is 10.0. The number of hydrogen-bond acceptors (Lipinski definition) is 4. The third-order valence-corrected chi connectivity index (χ3v) is 2.84. The maximum Gasteiger partial charge on any atom is 0.153 e. The second kappa shape index (κ2) is 4.69. The highest BCUT2D eigenvalue weighted by Crippen LogP contribution is 2.35. The Hall–Kier alpha value is -2.83. The molecule has 1 aromatic carbocycles. The van der Waals surface area contributed by atoms with Crippen molar-refractivity contribution < 1.29 is 8.78 Å². The predicted octanol–water partition coefficient (Wildman–Crippen LogP) is 2.39. The van der Waals surface area contributed by atoms with Crippen molar-refractivity contribution in [3.63, 3.8) is 0 Å². The zero-order valence-electron chi connectivity index (χ0n) is 10.1. The maximum absolute atomic E-state index is 13.9. The van der Waals surface area contributed by atoms with E-state index in [2.05, 4.69) is 20.2 Å². The highest BCUT2D eigenvalue weighted by atomic mass is 19.1. The molecule has 0 saturated carbocycles. The number of aromatic amines is 1. The summed E-state index contributed by atoms with van der Waals surface area (Å²) in [5.41, 5.74) is 7.38. The summed E-state index contributed by atoms with van der Waals surface area (Å²) in [5, 5.41) is 6.58. The summed E-state index contributed by atoms with van der Waals surface area (Å²) in [6.45, 7) is 0. The van der Waals surface area contributed by atoms with Gasteiger partial charge in [0.2, 0.25) is 0 Å². The van der Waals surface area contributed by atoms with Gasteiger partial charge in [0.15, 0.2) is 5.82 Å². The van der Waals surface area contributed by atoms with Crippen LogP contribution in [0.2, 0.25) is 0 Å². The van der Waals surface area contributed by atoms with Gasteiger partial charge in [0.25, 0.3) is 0 Å². The van der Waals surface area contributed by atoms with Crippen molar-refractivity contribution in [2.75, 3.05) is 5.73 Å². The average molecular weight is 273 g/mol. The number of nitrogen functional groups attached to an aromatic ring is 1. The molecule has 0 aliphatic carbocycles. The van der Waals surface area contributed by atoms with Crippen LogP contribution >= 0.6 is 0 Å². The van der Waals surface area contributed by atoms with Crippen LogP contribution in [-0.2, 0) is 0 Å². The molecular weight excluding hydrogens is 264 g/mol. The molecule has 7 heteroatoms. The SMILES string of the molecule is Nc1n[nH]c(-c2cncnc2)c1-c1ccc(F)cc1F. The summed E-state index contributed by atoms with van der Waals surface area (Å²) in [4.78, 5) is 7.78. The van der Waals surface area contributed by atoms with E-state index < -0.39 is 11.6 Å². The van der Waals surface area contributed by atoms with Gasteiger partial charge in [-0.15, -0.1) is 0 Å². The van der Waals surface area contributed by atoms with Crippen LogP contribution in [0.5, 0.6) is 0 Å². The number of hydrogen-bond donors (Lipinski definition) is 2. The van der Waals surface area contributed by atoms with Crippen LogP contribution in [-0.4, -0.2) is 20.2 Å². The lowest BCUT2D eigenvalue weighted by Gasteiger charge is -2.05. The minimum Gasteiger partial charge on any atom is -0.382 e. The number of H-pyrrole nitrogens is 1. The van der Waals surface area contributed by atoms with Gasteiger partial charge in [-0.2, -0.15) is 5.10 Å². The third-order valence-electron chi connectivity index (χ3n) is 2.84. The van der Waals surface area contributed by atoms with Crippen molar-refractivity contribution in [3.8, 4) is 22.4 Å². The van der Waals surface area contributed by atoms with Crippen molar-refractivity contribution in [3.05, 3.63) is 48.6 Å². The van der Waals surface area contributed by atoms with Crippen molar-refractivity contribution in [1.29, 1.82) is 0 Å². The van der Waals surface area contributed by atoms with Crippen LogP contribution in [0.3, 0.4) is 0 Å². The fourth-order valence-corrected chi connectivity index (χ4v) is 1.96. The van der Waals surface area contributed by atoms with Gasteiger partial charge in [-0.05, 0) is 12.1 Å². The molecule has 0 saturated heterocycles. The molecule has 5 nitrogen and oxygen atoms in total. The first-order valence-corrected chi connectivity index (χ1v) is 5.71. The predicted molar refractivity (Wildman–Crippen MR) is 69.4 cm³/mol. The first-order chi connectivity index (χ1) is 9.66. The standard InChI is InChI=1S/C13H9F2N5/c14-8-1-2-9(10(15)3-8)11-12(19-20-13(11)16)7-4-17-6-18-5-7/h1-6H,(H3,16,19,20). The summed E-state index contributed by atoms with van der Waals surface area (Å²) in [7, 11) is 0. The van der Waals surface area contributed by atoms with E-state index in [1.54, 1.807) is 12.4 Å². The van der Waals surface area contributed by atoms with E-state index in [0.29, 0.717) is 16.8 Å². The number of aromatic nitrogens is 4. The normalized spacial score (nSPS) is 10.7. The van der Waals surface area contributed by atoms with E-state index in [1.807, 2.05) is 0 Å². The second-order valence-electron chi connectivity index (χ2n) is 4.11. The minimum absolute atomic E-state index is 0.120. The molecule has 2 aromatic heterocycles. The topological polar surface area (TPSA) is 80.5 Å². The fourth-order valence-electron chi connectivity index (χ4n) is 1.96. The van der Waals surface area contributed by atoms with Crippen molar-refractivity contribution in [2.45, 2.75) is 0 Å². The van der Waals surface area contributed by atoms with Gasteiger partial charge in [0, 0.05) is 29.6 Å². The van der Waals surface area contributed by atoms with Crippen LogP contribution in [0.1, 0.15) is 0 Å². The number of halogens is 2. The molecule has 0 aliphatic heterocycles. The van der Waals surface area contributed by atoms with Crippen LogP contribution in [0.25, 0.3) is 22.4 Å². The summed E-state index contributed by atoms with van der Waals surface area (Å²) >= 11 is 0. The number of benzene rings is 1. The monoisotopic (exact) mass is 273 g/mol. The van der Waals surface area contributed by atoms with Crippen molar-refractivity contribution >= 4 is 5.82 Å². The Kier molecular flexibility index (Phi) is 2.86. The van der Waals surface area contributed by atoms with E-state index in [4.69, 9.17) is 5.73 Å². The number of anilines is 1. The van der Waals surface area contributed by atoms with E-state index in [-0.39, 0.29) is 11.4 Å². The first-order valence-electron chi connectivity index (χ1n) is 5.71. The lowest BCUT2D eigenvalue weighted by Crippen LogP contribution is -1.93. The van der Waals surface area contributed by atoms with E-state index >= 15 is 0 Å². The van der Waals surface area contributed by atoms with Crippen LogP contribution in [0.4, 0.5) is 14.6 Å². The Bertz CT molecular complexity index is 755. The number of nitrogens with zero attached hydrogens (tertiary/aromatic N) is 3. The molecule has 3 N–H and O–H groups in total. The molecule has 2 heterocycles. The van der Waals surface area contributed by atoms with Gasteiger partial charge in [-0.3, -0.25) is 5.10 Å². The Labute approximate surface area is 112 Å². The average Bonchev–Trinajstić information content (AvgIpc) is 2.82. The molecule has 3 rings (SSSR count). The Morgan fingerprint density at radius 2 is 1.85 bits per heavy atom. The summed E-state index contributed by atoms with van der Waals surface area (Å²) < 4.78 is 26.9. The molecule has 0 bridgehead atoms.